The van der Waals surface area contributed by atoms with Gasteiger partial charge in [0, 0.05) is 24.7 Å². The number of nitrogens with zero attached hydrogens (tertiary/aromatic N) is 3. The number of aromatic nitrogens is 3. The number of nitrogens with one attached hydrogen (secondary N) is 2. The molecular weight excluding hydrogens is 344 g/mol. The highest BCUT2D eigenvalue weighted by Crippen LogP contribution is 2.27. The summed E-state index contributed by atoms with van der Waals surface area (Å²) in [4.78, 5) is 37.7. The molecule has 1 saturated heterocycles. The number of hydrogen-bond acceptors (Lipinski definition) is 5. The summed E-state index contributed by atoms with van der Waals surface area (Å²) in [5.74, 6) is -2.92. The first kappa shape index (κ1) is 16.8. The van der Waals surface area contributed by atoms with Crippen LogP contribution in [0.5, 0.6) is 0 Å². The second-order valence-corrected chi connectivity index (χ2v) is 6.56. The van der Waals surface area contributed by atoms with Crippen molar-refractivity contribution in [2.75, 3.05) is 13.1 Å². The van der Waals surface area contributed by atoms with Crippen LogP contribution in [0.2, 0.25) is 0 Å². The second-order valence-electron chi connectivity index (χ2n) is 6.56. The summed E-state index contributed by atoms with van der Waals surface area (Å²) in [6.07, 6.45) is 1.43. The van der Waals surface area contributed by atoms with Crippen LogP contribution in [-0.4, -0.2) is 50.8 Å². The Hall–Kier alpha value is -2.68. The number of halogens is 2. The van der Waals surface area contributed by atoms with Crippen molar-refractivity contribution in [1.82, 2.24) is 25.2 Å². The van der Waals surface area contributed by atoms with Gasteiger partial charge in [-0.1, -0.05) is 6.07 Å². The van der Waals surface area contributed by atoms with Crippen molar-refractivity contribution in [3.05, 3.63) is 46.0 Å². The van der Waals surface area contributed by atoms with Gasteiger partial charge in [-0.05, 0) is 18.6 Å². The van der Waals surface area contributed by atoms with E-state index in [9.17, 15) is 18.4 Å². The standard InChI is InChI=1S/C17H17F2N5O2/c18-17(19)7-12(21-9-17)16(26)24-6-4-10-13(8-24)22-14(23-15(10)25)11-3-1-2-5-20-11/h1-3,5,12,21H,4,6-9H2,(H,22,23,25)/t12-/m0/s1. The highest BCUT2D eigenvalue weighted by Gasteiger charge is 2.44. The predicted molar refractivity (Wildman–Crippen MR) is 88.6 cm³/mol. The molecule has 0 saturated carbocycles. The van der Waals surface area contributed by atoms with Gasteiger partial charge in [-0.3, -0.25) is 19.9 Å². The molecule has 2 aromatic rings. The first-order chi connectivity index (χ1) is 12.4. The maximum absolute atomic E-state index is 13.4. The van der Waals surface area contributed by atoms with E-state index in [0.29, 0.717) is 35.7 Å². The van der Waals surface area contributed by atoms with Crippen molar-refractivity contribution in [3.63, 3.8) is 0 Å². The van der Waals surface area contributed by atoms with Crippen molar-refractivity contribution < 1.29 is 13.6 Å². The van der Waals surface area contributed by atoms with Crippen LogP contribution in [0.3, 0.4) is 0 Å². The second kappa shape index (κ2) is 6.24. The molecule has 0 bridgehead atoms. The molecule has 4 heterocycles. The summed E-state index contributed by atoms with van der Waals surface area (Å²) >= 11 is 0. The molecule has 0 aliphatic carbocycles. The van der Waals surface area contributed by atoms with E-state index in [-0.39, 0.29) is 18.0 Å². The van der Waals surface area contributed by atoms with Gasteiger partial charge in [0.1, 0.15) is 5.69 Å². The number of H-pyrrole nitrogens is 1. The molecule has 0 spiro atoms. The molecule has 7 nitrogen and oxygen atoms in total. The van der Waals surface area contributed by atoms with Gasteiger partial charge in [-0.2, -0.15) is 0 Å². The lowest BCUT2D eigenvalue weighted by Gasteiger charge is -2.29. The lowest BCUT2D eigenvalue weighted by molar-refractivity contribution is -0.134. The normalized spacial score (nSPS) is 21.5. The number of hydrogen-bond donors (Lipinski definition) is 2. The SMILES string of the molecule is O=C([C@@H]1CC(F)(F)CN1)N1CCc2c(nc(-c3ccccn3)[nH]c2=O)C1. The molecule has 1 atom stereocenters. The van der Waals surface area contributed by atoms with Crippen LogP contribution in [0.25, 0.3) is 11.5 Å². The predicted octanol–water partition coefficient (Wildman–Crippen LogP) is 0.714. The van der Waals surface area contributed by atoms with Crippen LogP contribution in [0, 0.1) is 0 Å². The third-order valence-corrected chi connectivity index (χ3v) is 4.70. The number of amides is 1. The van der Waals surface area contributed by atoms with E-state index in [0.717, 1.165) is 0 Å². The van der Waals surface area contributed by atoms with Gasteiger partial charge in [0.15, 0.2) is 5.82 Å². The van der Waals surface area contributed by atoms with E-state index in [2.05, 4.69) is 20.3 Å². The van der Waals surface area contributed by atoms with Crippen LogP contribution >= 0.6 is 0 Å². The van der Waals surface area contributed by atoms with Gasteiger partial charge in [0.05, 0.1) is 24.8 Å². The van der Waals surface area contributed by atoms with Gasteiger partial charge in [-0.15, -0.1) is 0 Å². The molecule has 0 radical (unpaired) electrons. The third kappa shape index (κ3) is 3.10. The Bertz CT molecular complexity index is 900. The van der Waals surface area contributed by atoms with E-state index in [4.69, 9.17) is 0 Å². The molecule has 1 fully saturated rings. The monoisotopic (exact) mass is 361 g/mol. The lowest BCUT2D eigenvalue weighted by atomic mass is 10.0. The smallest absolute Gasteiger partial charge is 0.262 e. The minimum absolute atomic E-state index is 0.127. The summed E-state index contributed by atoms with van der Waals surface area (Å²) in [6, 6.07) is 4.36. The van der Waals surface area contributed by atoms with E-state index in [1.165, 1.54) is 4.90 Å². The molecule has 0 unspecified atom stereocenters. The minimum atomic E-state index is -2.87. The largest absolute Gasteiger partial charge is 0.335 e. The fraction of sp³-hybridized carbons (Fsp3) is 0.412. The van der Waals surface area contributed by atoms with Crippen LogP contribution in [0.4, 0.5) is 8.78 Å². The molecule has 4 rings (SSSR count). The van der Waals surface area contributed by atoms with E-state index >= 15 is 0 Å². The fourth-order valence-electron chi connectivity index (χ4n) is 3.36. The van der Waals surface area contributed by atoms with Crippen molar-refractivity contribution >= 4 is 5.91 Å². The van der Waals surface area contributed by atoms with Crippen molar-refractivity contribution in [3.8, 4) is 11.5 Å². The Balaban J connectivity index is 1.59. The van der Waals surface area contributed by atoms with Crippen molar-refractivity contribution in [2.45, 2.75) is 31.4 Å². The molecule has 2 aliphatic rings. The van der Waals surface area contributed by atoms with E-state index in [1.807, 2.05) is 0 Å². The van der Waals surface area contributed by atoms with E-state index < -0.39 is 24.9 Å². The number of carbonyl (C=O) groups excluding carboxylic acids is 1. The number of aromatic amines is 1. The Kier molecular flexibility index (Phi) is 4.03. The lowest BCUT2D eigenvalue weighted by Crippen LogP contribution is -2.46. The van der Waals surface area contributed by atoms with Gasteiger partial charge >= 0.3 is 0 Å². The summed E-state index contributed by atoms with van der Waals surface area (Å²) in [7, 11) is 0. The summed E-state index contributed by atoms with van der Waals surface area (Å²) < 4.78 is 26.7. The molecule has 136 valence electrons. The van der Waals surface area contributed by atoms with Gasteiger partial charge in [-0.25, -0.2) is 13.8 Å². The number of fused-ring (bicyclic) bond motifs is 1. The first-order valence-corrected chi connectivity index (χ1v) is 8.36. The molecular formula is C17H17F2N5O2. The molecule has 2 N–H and O–H groups in total. The summed E-state index contributed by atoms with van der Waals surface area (Å²) in [5.41, 5.74) is 1.28. The molecule has 0 aromatic carbocycles. The maximum atomic E-state index is 13.4. The van der Waals surface area contributed by atoms with Crippen LogP contribution in [0.15, 0.2) is 29.2 Å². The summed E-state index contributed by atoms with van der Waals surface area (Å²) in [6.45, 7) is -0.0550. The molecule has 9 heteroatoms. The number of alkyl halides is 2. The number of rotatable bonds is 2. The zero-order chi connectivity index (χ0) is 18.3. The Morgan fingerprint density at radius 3 is 2.88 bits per heavy atom. The summed E-state index contributed by atoms with van der Waals surface area (Å²) in [5, 5.41) is 2.58. The van der Waals surface area contributed by atoms with Crippen LogP contribution in [0.1, 0.15) is 17.7 Å². The average Bonchev–Trinajstić information content (AvgIpc) is 3.01. The van der Waals surface area contributed by atoms with Crippen LogP contribution < -0.4 is 10.9 Å². The Morgan fingerprint density at radius 2 is 2.19 bits per heavy atom. The minimum Gasteiger partial charge on any atom is -0.335 e. The van der Waals surface area contributed by atoms with Crippen molar-refractivity contribution in [1.29, 1.82) is 0 Å². The molecule has 2 aliphatic heterocycles. The zero-order valence-corrected chi connectivity index (χ0v) is 13.8. The fourth-order valence-corrected chi connectivity index (χ4v) is 3.36. The zero-order valence-electron chi connectivity index (χ0n) is 13.8. The highest BCUT2D eigenvalue weighted by molar-refractivity contribution is 5.82. The maximum Gasteiger partial charge on any atom is 0.262 e. The topological polar surface area (TPSA) is 91.0 Å². The van der Waals surface area contributed by atoms with Crippen LogP contribution in [-0.2, 0) is 17.8 Å². The third-order valence-electron chi connectivity index (χ3n) is 4.70. The highest BCUT2D eigenvalue weighted by atomic mass is 19.3. The Labute approximate surface area is 147 Å². The van der Waals surface area contributed by atoms with Gasteiger partial charge < -0.3 is 9.88 Å². The number of pyridine rings is 1. The molecule has 26 heavy (non-hydrogen) atoms. The Morgan fingerprint density at radius 1 is 1.35 bits per heavy atom. The van der Waals surface area contributed by atoms with Gasteiger partial charge in [0.2, 0.25) is 5.91 Å². The van der Waals surface area contributed by atoms with E-state index in [1.54, 1.807) is 24.4 Å². The number of carbonyl (C=O) groups is 1. The van der Waals surface area contributed by atoms with Gasteiger partial charge in [0.25, 0.3) is 11.5 Å². The average molecular weight is 361 g/mol. The molecule has 2 aromatic heterocycles. The quantitative estimate of drug-likeness (QED) is 0.822. The molecule has 1 amide bonds. The van der Waals surface area contributed by atoms with Crippen molar-refractivity contribution in [2.24, 2.45) is 0 Å². The first-order valence-electron chi connectivity index (χ1n) is 8.36.